The highest BCUT2D eigenvalue weighted by molar-refractivity contribution is 7.93. The molecule has 0 unspecified atom stereocenters. The van der Waals surface area contributed by atoms with E-state index in [0.29, 0.717) is 16.9 Å². The van der Waals surface area contributed by atoms with Crippen molar-refractivity contribution in [1.29, 1.82) is 0 Å². The topological polar surface area (TPSA) is 111 Å². The summed E-state index contributed by atoms with van der Waals surface area (Å²) in [6, 6.07) is 39.9. The van der Waals surface area contributed by atoms with Gasteiger partial charge in [-0.3, -0.25) is 9.52 Å². The van der Waals surface area contributed by atoms with Gasteiger partial charge in [-0.05, 0) is 59.0 Å². The van der Waals surface area contributed by atoms with Crippen LogP contribution in [0, 0.1) is 0 Å². The van der Waals surface area contributed by atoms with Crippen molar-refractivity contribution in [3.8, 4) is 22.6 Å². The van der Waals surface area contributed by atoms with Gasteiger partial charge in [0.05, 0.1) is 23.3 Å². The first kappa shape index (κ1) is 33.3. The number of hydrogen-bond acceptors (Lipinski definition) is 6. The van der Waals surface area contributed by atoms with Gasteiger partial charge in [0.15, 0.2) is 0 Å². The summed E-state index contributed by atoms with van der Waals surface area (Å²) in [6.45, 7) is 0. The average molecular weight is 691 g/mol. The van der Waals surface area contributed by atoms with E-state index in [9.17, 15) is 18.0 Å². The van der Waals surface area contributed by atoms with Gasteiger partial charge in [0.1, 0.15) is 17.5 Å². The Morgan fingerprint density at radius 2 is 1.47 bits per heavy atom. The second kappa shape index (κ2) is 14.6. The molecule has 0 saturated carbocycles. The number of nitrogens with one attached hydrogen (secondary N) is 2. The molecule has 0 aliphatic carbocycles. The molecule has 6 aromatic rings. The van der Waals surface area contributed by atoms with Crippen LogP contribution >= 0.6 is 11.6 Å². The van der Waals surface area contributed by atoms with E-state index in [1.54, 1.807) is 18.2 Å². The molecule has 0 aromatic heterocycles. The van der Waals surface area contributed by atoms with E-state index in [4.69, 9.17) is 21.1 Å². The van der Waals surface area contributed by atoms with Gasteiger partial charge in [0, 0.05) is 22.4 Å². The first-order chi connectivity index (χ1) is 23.7. The third kappa shape index (κ3) is 7.75. The molecule has 8 nitrogen and oxygen atoms in total. The fourth-order valence-corrected chi connectivity index (χ4v) is 6.94. The zero-order chi connectivity index (χ0) is 34.4. The van der Waals surface area contributed by atoms with Crippen molar-refractivity contribution >= 4 is 50.0 Å². The molecular formula is C39H31ClN2O6S. The first-order valence-electron chi connectivity index (χ1n) is 15.3. The number of hydrogen-bond donors (Lipinski definition) is 2. The van der Waals surface area contributed by atoms with Crippen LogP contribution in [-0.2, 0) is 26.0 Å². The van der Waals surface area contributed by atoms with Crippen molar-refractivity contribution in [1.82, 2.24) is 5.32 Å². The maximum atomic E-state index is 13.7. The van der Waals surface area contributed by atoms with Crippen LogP contribution in [0.1, 0.15) is 15.9 Å². The van der Waals surface area contributed by atoms with Gasteiger partial charge < -0.3 is 14.8 Å². The van der Waals surface area contributed by atoms with Crippen molar-refractivity contribution in [2.24, 2.45) is 0 Å². The number of carbonyl (C=O) groups excluding carboxylic acids is 2. The Balaban J connectivity index is 1.22. The zero-order valence-electron chi connectivity index (χ0n) is 26.3. The molecule has 6 rings (SSSR count). The van der Waals surface area contributed by atoms with E-state index in [2.05, 4.69) is 10.0 Å². The number of para-hydroxylation sites is 2. The number of sulfonamides is 1. The Morgan fingerprint density at radius 1 is 0.776 bits per heavy atom. The predicted octanol–water partition coefficient (Wildman–Crippen LogP) is 8.27. The van der Waals surface area contributed by atoms with Gasteiger partial charge in [-0.25, -0.2) is 13.2 Å². The molecule has 1 amide bonds. The molecule has 10 heteroatoms. The number of amides is 1. The quantitative estimate of drug-likeness (QED) is 0.132. The van der Waals surface area contributed by atoms with E-state index >= 15 is 0 Å². The number of anilines is 1. The summed E-state index contributed by atoms with van der Waals surface area (Å²) < 4.78 is 40.8. The molecule has 2 N–H and O–H groups in total. The van der Waals surface area contributed by atoms with E-state index in [1.165, 1.54) is 31.4 Å². The Morgan fingerprint density at radius 3 is 2.24 bits per heavy atom. The lowest BCUT2D eigenvalue weighted by molar-refractivity contribution is -0.142. The minimum Gasteiger partial charge on any atom is -0.467 e. The van der Waals surface area contributed by atoms with E-state index in [-0.39, 0.29) is 27.6 Å². The first-order valence-corrected chi connectivity index (χ1v) is 17.2. The molecule has 0 radical (unpaired) electrons. The lowest BCUT2D eigenvalue weighted by atomic mass is 9.99. The average Bonchev–Trinajstić information content (AvgIpc) is 3.12. The standard InChI is InChI=1S/C39H31ClN2O6S/c1-47-39(44)35(24-26-18-20-28(21-19-26)31-14-7-8-16-36(31)48-30-12-3-2-4-13-30)41-38(43)33-25-29(40)22-23-34(33)42-49(45,46)37-17-9-11-27-10-5-6-15-32(27)37/h2-23,25,35,42H,24H2,1H3,(H,41,43)/t35-/m0/s1. The highest BCUT2D eigenvalue weighted by Gasteiger charge is 2.26. The van der Waals surface area contributed by atoms with Gasteiger partial charge in [0.2, 0.25) is 0 Å². The van der Waals surface area contributed by atoms with Crippen LogP contribution in [-0.4, -0.2) is 33.4 Å². The fraction of sp³-hybridized carbons (Fsp3) is 0.0769. The molecule has 0 spiro atoms. The molecule has 0 fully saturated rings. The molecule has 0 aliphatic rings. The van der Waals surface area contributed by atoms with Crippen molar-refractivity contribution in [3.63, 3.8) is 0 Å². The number of ether oxygens (including phenoxy) is 2. The predicted molar refractivity (Wildman–Crippen MR) is 192 cm³/mol. The summed E-state index contributed by atoms with van der Waals surface area (Å²) in [7, 11) is -2.89. The van der Waals surface area contributed by atoms with Crippen LogP contribution in [0.4, 0.5) is 5.69 Å². The summed E-state index contributed by atoms with van der Waals surface area (Å²) in [5.41, 5.74) is 2.48. The van der Waals surface area contributed by atoms with Crippen LogP contribution in [0.25, 0.3) is 21.9 Å². The van der Waals surface area contributed by atoms with Crippen molar-refractivity contribution < 1.29 is 27.5 Å². The molecule has 0 aliphatic heterocycles. The summed E-state index contributed by atoms with van der Waals surface area (Å²) >= 11 is 6.25. The third-order valence-corrected chi connectivity index (χ3v) is 9.52. The van der Waals surface area contributed by atoms with Gasteiger partial charge >= 0.3 is 5.97 Å². The summed E-state index contributed by atoms with van der Waals surface area (Å²) in [5.74, 6) is 0.0260. The molecule has 0 bridgehead atoms. The second-order valence-electron chi connectivity index (χ2n) is 11.1. The summed E-state index contributed by atoms with van der Waals surface area (Å²) in [5, 5.41) is 4.20. The third-order valence-electron chi connectivity index (χ3n) is 7.86. The van der Waals surface area contributed by atoms with Crippen LogP contribution in [0.2, 0.25) is 5.02 Å². The van der Waals surface area contributed by atoms with Crippen LogP contribution in [0.3, 0.4) is 0 Å². The Labute approximate surface area is 289 Å². The molecular weight excluding hydrogens is 660 g/mol. The maximum Gasteiger partial charge on any atom is 0.328 e. The van der Waals surface area contributed by atoms with Gasteiger partial charge in [-0.1, -0.05) is 109 Å². The van der Waals surface area contributed by atoms with Crippen molar-refractivity contribution in [2.45, 2.75) is 17.4 Å². The number of carbonyl (C=O) groups is 2. The molecule has 6 aromatic carbocycles. The van der Waals surface area contributed by atoms with E-state index < -0.39 is 27.9 Å². The number of halogens is 1. The molecule has 49 heavy (non-hydrogen) atoms. The Bertz CT molecular complexity index is 2240. The smallest absolute Gasteiger partial charge is 0.328 e. The lowest BCUT2D eigenvalue weighted by Gasteiger charge is -2.19. The summed E-state index contributed by atoms with van der Waals surface area (Å²) in [6.07, 6.45) is 0.110. The molecule has 1 atom stereocenters. The number of fused-ring (bicyclic) bond motifs is 1. The lowest BCUT2D eigenvalue weighted by Crippen LogP contribution is -2.43. The van der Waals surface area contributed by atoms with Crippen molar-refractivity contribution in [2.75, 3.05) is 11.8 Å². The monoisotopic (exact) mass is 690 g/mol. The summed E-state index contributed by atoms with van der Waals surface area (Å²) in [4.78, 5) is 26.6. The minimum atomic E-state index is -4.13. The van der Waals surface area contributed by atoms with Gasteiger partial charge in [-0.15, -0.1) is 0 Å². The SMILES string of the molecule is COC(=O)[C@H](Cc1ccc(-c2ccccc2Oc2ccccc2)cc1)NC(=O)c1cc(Cl)ccc1NS(=O)(=O)c1cccc2ccccc12. The fourth-order valence-electron chi connectivity index (χ4n) is 5.46. The molecule has 0 heterocycles. The van der Waals surface area contributed by atoms with Crippen LogP contribution < -0.4 is 14.8 Å². The molecule has 246 valence electrons. The van der Waals surface area contributed by atoms with Gasteiger partial charge in [0.25, 0.3) is 15.9 Å². The number of benzene rings is 6. The van der Waals surface area contributed by atoms with E-state index in [1.807, 2.05) is 97.1 Å². The van der Waals surface area contributed by atoms with Crippen molar-refractivity contribution in [3.05, 3.63) is 156 Å². The zero-order valence-corrected chi connectivity index (χ0v) is 27.9. The normalized spacial score (nSPS) is 11.8. The maximum absolute atomic E-state index is 13.7. The van der Waals surface area contributed by atoms with Crippen LogP contribution in [0.15, 0.2) is 144 Å². The largest absolute Gasteiger partial charge is 0.467 e. The Kier molecular flexibility index (Phi) is 9.94. The number of rotatable bonds is 11. The van der Waals surface area contributed by atoms with Gasteiger partial charge in [-0.2, -0.15) is 0 Å². The molecule has 0 saturated heterocycles. The number of methoxy groups -OCH3 is 1. The highest BCUT2D eigenvalue weighted by Crippen LogP contribution is 2.33. The second-order valence-corrected chi connectivity index (χ2v) is 13.2. The van der Waals surface area contributed by atoms with Crippen LogP contribution in [0.5, 0.6) is 11.5 Å². The van der Waals surface area contributed by atoms with E-state index in [0.717, 1.165) is 22.1 Å². The highest BCUT2D eigenvalue weighted by atomic mass is 35.5. The minimum absolute atomic E-state index is 0.000750. The number of esters is 1. The Hall–Kier alpha value is -5.64.